The number of esters is 1. The Kier molecular flexibility index (Phi) is 3.90. The average molecular weight is 270 g/mol. The Bertz CT molecular complexity index is 447. The molecule has 0 aliphatic heterocycles. The molecule has 0 atom stereocenters. The molecule has 1 aromatic heterocycles. The van der Waals surface area contributed by atoms with Crippen molar-refractivity contribution in [3.05, 3.63) is 11.3 Å². The minimum Gasteiger partial charge on any atom is -0.529 e. The highest BCUT2D eigenvalue weighted by Crippen LogP contribution is 2.37. The molecule has 1 N–H and O–H groups in total. The largest absolute Gasteiger partial charge is 0.529 e. The van der Waals surface area contributed by atoms with Crippen molar-refractivity contribution in [3.63, 3.8) is 0 Å². The number of nitrogens with zero attached hydrogens (tertiary/aromatic N) is 1. The van der Waals surface area contributed by atoms with Gasteiger partial charge in [0.25, 0.3) is 8.32 Å². The van der Waals surface area contributed by atoms with Crippen LogP contribution < -0.4 is 4.43 Å². The normalized spacial score (nSPS) is 12.4. The summed E-state index contributed by atoms with van der Waals surface area (Å²) in [6, 6.07) is 0. The van der Waals surface area contributed by atoms with Crippen LogP contribution in [0.1, 0.15) is 36.8 Å². The van der Waals surface area contributed by atoms with Crippen molar-refractivity contribution in [1.82, 2.24) is 10.2 Å². The molecule has 0 aromatic carbocycles. The molecule has 5 nitrogen and oxygen atoms in total. The Balaban J connectivity index is 3.01. The second kappa shape index (κ2) is 4.76. The number of methoxy groups -OCH3 is 1. The molecule has 0 saturated heterocycles. The molecular formula is C12H22N2O3Si. The topological polar surface area (TPSA) is 64.2 Å². The summed E-state index contributed by atoms with van der Waals surface area (Å²) in [4.78, 5) is 11.5. The van der Waals surface area contributed by atoms with Gasteiger partial charge in [-0.15, -0.1) is 5.10 Å². The van der Waals surface area contributed by atoms with Crippen molar-refractivity contribution in [2.45, 2.75) is 45.8 Å². The van der Waals surface area contributed by atoms with E-state index >= 15 is 0 Å². The van der Waals surface area contributed by atoms with Crippen LogP contribution in [0.4, 0.5) is 0 Å². The Labute approximate surface area is 109 Å². The molecule has 6 heteroatoms. The van der Waals surface area contributed by atoms with E-state index in [0.29, 0.717) is 17.1 Å². The quantitative estimate of drug-likeness (QED) is 0.677. The maximum absolute atomic E-state index is 11.5. The van der Waals surface area contributed by atoms with Crippen molar-refractivity contribution in [1.29, 1.82) is 0 Å². The molecular weight excluding hydrogens is 248 g/mol. The lowest BCUT2D eigenvalue weighted by molar-refractivity contribution is 0.0593. The van der Waals surface area contributed by atoms with Crippen molar-refractivity contribution in [2.24, 2.45) is 0 Å². The van der Waals surface area contributed by atoms with Gasteiger partial charge in [-0.25, -0.2) is 4.79 Å². The zero-order valence-corrected chi connectivity index (χ0v) is 13.2. The number of H-pyrrole nitrogens is 1. The zero-order valence-electron chi connectivity index (χ0n) is 12.2. The van der Waals surface area contributed by atoms with Gasteiger partial charge < -0.3 is 9.16 Å². The van der Waals surface area contributed by atoms with Crippen LogP contribution in [0.2, 0.25) is 18.1 Å². The molecule has 0 aliphatic rings. The summed E-state index contributed by atoms with van der Waals surface area (Å²) < 4.78 is 10.7. The van der Waals surface area contributed by atoms with Gasteiger partial charge >= 0.3 is 5.97 Å². The minimum absolute atomic E-state index is 0.0871. The summed E-state index contributed by atoms with van der Waals surface area (Å²) in [6.45, 7) is 12.5. The van der Waals surface area contributed by atoms with Crippen LogP contribution in [0.3, 0.4) is 0 Å². The van der Waals surface area contributed by atoms with Gasteiger partial charge in [-0.05, 0) is 25.1 Å². The number of aromatic amines is 1. The molecule has 102 valence electrons. The monoisotopic (exact) mass is 270 g/mol. The van der Waals surface area contributed by atoms with E-state index in [2.05, 4.69) is 48.8 Å². The molecule has 0 spiro atoms. The Morgan fingerprint density at radius 1 is 1.33 bits per heavy atom. The van der Waals surface area contributed by atoms with Crippen molar-refractivity contribution < 1.29 is 14.0 Å². The highest BCUT2D eigenvalue weighted by molar-refractivity contribution is 6.74. The third-order valence-electron chi connectivity index (χ3n) is 3.51. The van der Waals surface area contributed by atoms with Crippen LogP contribution in [-0.2, 0) is 4.74 Å². The molecule has 0 fully saturated rings. The highest BCUT2D eigenvalue weighted by Gasteiger charge is 2.40. The number of hydrogen-bond acceptors (Lipinski definition) is 4. The van der Waals surface area contributed by atoms with Crippen molar-refractivity contribution >= 4 is 14.3 Å². The zero-order chi connectivity index (χ0) is 14.1. The summed E-state index contributed by atoms with van der Waals surface area (Å²) in [5.41, 5.74) is 1.05. The molecule has 1 rings (SSSR count). The van der Waals surface area contributed by atoms with E-state index in [1.54, 1.807) is 6.92 Å². The fourth-order valence-electron chi connectivity index (χ4n) is 1.18. The fraction of sp³-hybridized carbons (Fsp3) is 0.667. The van der Waals surface area contributed by atoms with Crippen LogP contribution in [-0.4, -0.2) is 31.6 Å². The van der Waals surface area contributed by atoms with Crippen molar-refractivity contribution in [2.75, 3.05) is 7.11 Å². The molecule has 18 heavy (non-hydrogen) atoms. The first-order valence-corrected chi connectivity index (χ1v) is 8.83. The van der Waals surface area contributed by atoms with E-state index in [-0.39, 0.29) is 5.04 Å². The lowest BCUT2D eigenvalue weighted by atomic mass is 10.2. The molecule has 1 heterocycles. The average Bonchev–Trinajstić information content (AvgIpc) is 2.57. The molecule has 1 aromatic rings. The Morgan fingerprint density at radius 2 is 1.89 bits per heavy atom. The van der Waals surface area contributed by atoms with E-state index in [9.17, 15) is 4.79 Å². The number of aromatic nitrogens is 2. The van der Waals surface area contributed by atoms with Crippen LogP contribution >= 0.6 is 0 Å². The van der Waals surface area contributed by atoms with Crippen LogP contribution in [0.5, 0.6) is 5.88 Å². The molecule has 0 bridgehead atoms. The predicted octanol–water partition coefficient (Wildman–Crippen LogP) is 2.89. The van der Waals surface area contributed by atoms with E-state index in [1.165, 1.54) is 7.11 Å². The van der Waals surface area contributed by atoms with Crippen molar-refractivity contribution in [3.8, 4) is 5.88 Å². The molecule has 0 saturated carbocycles. The van der Waals surface area contributed by atoms with Crippen LogP contribution in [0.15, 0.2) is 0 Å². The van der Waals surface area contributed by atoms with Gasteiger partial charge in [-0.2, -0.15) is 0 Å². The van der Waals surface area contributed by atoms with E-state index in [4.69, 9.17) is 4.43 Å². The Hall–Kier alpha value is -1.30. The third-order valence-corrected chi connectivity index (χ3v) is 7.83. The van der Waals surface area contributed by atoms with Gasteiger partial charge in [0.05, 0.1) is 7.11 Å². The first-order chi connectivity index (χ1) is 8.10. The van der Waals surface area contributed by atoms with Gasteiger partial charge in [0.15, 0.2) is 0 Å². The molecule has 0 unspecified atom stereocenters. The van der Waals surface area contributed by atoms with Gasteiger partial charge in [-0.1, -0.05) is 20.8 Å². The van der Waals surface area contributed by atoms with Gasteiger partial charge in [0.1, 0.15) is 5.69 Å². The number of carbonyl (C=O) groups excluding carboxylic acids is 1. The highest BCUT2D eigenvalue weighted by atomic mass is 28.4. The number of rotatable bonds is 3. The minimum atomic E-state index is -1.94. The third kappa shape index (κ3) is 2.74. The summed E-state index contributed by atoms with van der Waals surface area (Å²) in [6.07, 6.45) is 0. The Morgan fingerprint density at radius 3 is 2.33 bits per heavy atom. The fourth-order valence-corrected chi connectivity index (χ4v) is 2.16. The summed E-state index contributed by atoms with van der Waals surface area (Å²) >= 11 is 0. The lowest BCUT2D eigenvalue weighted by Gasteiger charge is -2.35. The standard InChI is InChI=1S/C12H22N2O3Si/c1-8-9(11(15)16-5)13-14-10(8)17-18(6,7)12(2,3)4/h1-7H3,(H,13,14). The SMILES string of the molecule is COC(=O)c1[nH]nc(O[Si](C)(C)C(C)(C)C)c1C. The van der Waals surface area contributed by atoms with Gasteiger partial charge in [-0.3, -0.25) is 5.10 Å². The number of carbonyl (C=O) groups is 1. The van der Waals surface area contributed by atoms with Crippen LogP contribution in [0.25, 0.3) is 0 Å². The van der Waals surface area contributed by atoms with E-state index in [0.717, 1.165) is 0 Å². The summed E-state index contributed by atoms with van der Waals surface area (Å²) in [5, 5.41) is 6.83. The second-order valence-corrected chi connectivity index (χ2v) is 10.6. The molecule has 0 amide bonds. The smallest absolute Gasteiger partial charge is 0.356 e. The first-order valence-electron chi connectivity index (χ1n) is 5.92. The summed E-state index contributed by atoms with van der Waals surface area (Å²) in [7, 11) is -0.599. The molecule has 0 radical (unpaired) electrons. The predicted molar refractivity (Wildman–Crippen MR) is 72.5 cm³/mol. The number of ether oxygens (including phenoxy) is 1. The number of nitrogens with one attached hydrogen (secondary N) is 1. The first kappa shape index (κ1) is 14.8. The molecule has 0 aliphatic carbocycles. The number of hydrogen-bond donors (Lipinski definition) is 1. The summed E-state index contributed by atoms with van der Waals surface area (Å²) in [5.74, 6) is 0.0760. The van der Waals surface area contributed by atoms with Gasteiger partial charge in [0.2, 0.25) is 5.88 Å². The maximum Gasteiger partial charge on any atom is 0.356 e. The second-order valence-electron chi connectivity index (χ2n) is 5.88. The maximum atomic E-state index is 11.5. The van der Waals surface area contributed by atoms with E-state index < -0.39 is 14.3 Å². The lowest BCUT2D eigenvalue weighted by Crippen LogP contribution is -2.44. The van der Waals surface area contributed by atoms with Crippen LogP contribution in [0, 0.1) is 6.92 Å². The van der Waals surface area contributed by atoms with Gasteiger partial charge in [0, 0.05) is 5.56 Å². The van der Waals surface area contributed by atoms with E-state index in [1.807, 2.05) is 0 Å².